The van der Waals surface area contributed by atoms with Gasteiger partial charge in [0.25, 0.3) is 0 Å². The Morgan fingerprint density at radius 2 is 1.70 bits per heavy atom. The summed E-state index contributed by atoms with van der Waals surface area (Å²) >= 11 is 0. The smallest absolute Gasteiger partial charge is 0.340 e. The van der Waals surface area contributed by atoms with Crippen LogP contribution in [0.2, 0.25) is 0 Å². The standard InChI is InChI=1S/C36H48FN3O4/c1-9-29-31(33(44-35(4,5)6)34(41)43-24(2)3)32(40-19-17-36(7,8)18-20-40)28(23-39-29)30-15-14-27(22-38-30)42-21-16-25-10-12-26(37)13-11-25/h10-15,22-24,33H,9,16-21H2,1-8H3/t33-/m0/s1. The molecule has 0 aliphatic carbocycles. The number of pyridine rings is 2. The van der Waals surface area contributed by atoms with Gasteiger partial charge in [-0.05, 0) is 89.1 Å². The number of ether oxygens (including phenoxy) is 3. The Balaban J connectivity index is 1.74. The summed E-state index contributed by atoms with van der Waals surface area (Å²) in [7, 11) is 0. The molecule has 7 nitrogen and oxygen atoms in total. The van der Waals surface area contributed by atoms with Crippen molar-refractivity contribution in [2.24, 2.45) is 5.41 Å². The molecule has 0 bridgehead atoms. The zero-order valence-electron chi connectivity index (χ0n) is 27.6. The van der Waals surface area contributed by atoms with E-state index in [1.165, 1.54) is 12.1 Å². The largest absolute Gasteiger partial charge is 0.492 e. The van der Waals surface area contributed by atoms with Gasteiger partial charge in [0.15, 0.2) is 6.10 Å². The monoisotopic (exact) mass is 605 g/mol. The average molecular weight is 606 g/mol. The number of hydrogen-bond donors (Lipinski definition) is 0. The predicted octanol–water partition coefficient (Wildman–Crippen LogP) is 7.90. The summed E-state index contributed by atoms with van der Waals surface area (Å²) in [5.41, 5.74) is 4.71. The number of carbonyl (C=O) groups excluding carboxylic acids is 1. The van der Waals surface area contributed by atoms with E-state index in [2.05, 4.69) is 18.7 Å². The highest BCUT2D eigenvalue weighted by Crippen LogP contribution is 2.43. The molecule has 1 aromatic carbocycles. The molecule has 1 aliphatic heterocycles. The average Bonchev–Trinajstić information content (AvgIpc) is 2.96. The summed E-state index contributed by atoms with van der Waals surface area (Å²) in [5.74, 6) is -0.0233. The maximum Gasteiger partial charge on any atom is 0.340 e. The van der Waals surface area contributed by atoms with Gasteiger partial charge in [-0.3, -0.25) is 9.97 Å². The van der Waals surface area contributed by atoms with Crippen LogP contribution in [0.15, 0.2) is 48.8 Å². The van der Waals surface area contributed by atoms with E-state index in [9.17, 15) is 9.18 Å². The van der Waals surface area contributed by atoms with Gasteiger partial charge in [0, 0.05) is 42.5 Å². The van der Waals surface area contributed by atoms with Crippen molar-refractivity contribution in [1.82, 2.24) is 9.97 Å². The lowest BCUT2D eigenvalue weighted by atomic mass is 9.82. The normalized spacial score (nSPS) is 15.7. The van der Waals surface area contributed by atoms with Crippen LogP contribution in [0.1, 0.15) is 91.2 Å². The van der Waals surface area contributed by atoms with Crippen LogP contribution in [-0.4, -0.2) is 47.3 Å². The van der Waals surface area contributed by atoms with Crippen LogP contribution in [0.25, 0.3) is 11.3 Å². The summed E-state index contributed by atoms with van der Waals surface area (Å²) in [4.78, 5) is 25.7. The topological polar surface area (TPSA) is 73.8 Å². The van der Waals surface area contributed by atoms with E-state index in [0.717, 1.165) is 59.7 Å². The zero-order chi connectivity index (χ0) is 32.1. The van der Waals surface area contributed by atoms with Crippen LogP contribution in [0, 0.1) is 11.2 Å². The fourth-order valence-corrected chi connectivity index (χ4v) is 5.41. The highest BCUT2D eigenvalue weighted by atomic mass is 19.1. The van der Waals surface area contributed by atoms with Crippen LogP contribution < -0.4 is 9.64 Å². The molecule has 0 unspecified atom stereocenters. The second-order valence-corrected chi connectivity index (χ2v) is 13.6. The first kappa shape index (κ1) is 33.4. The minimum absolute atomic E-state index is 0.237. The number of piperidine rings is 1. The molecular formula is C36H48FN3O4. The summed E-state index contributed by atoms with van der Waals surface area (Å²) < 4.78 is 31.4. The van der Waals surface area contributed by atoms with Crippen molar-refractivity contribution in [3.05, 3.63) is 71.4 Å². The Morgan fingerprint density at radius 3 is 2.27 bits per heavy atom. The third-order valence-electron chi connectivity index (χ3n) is 7.82. The Hall–Kier alpha value is -3.52. The molecule has 1 atom stereocenters. The predicted molar refractivity (Wildman–Crippen MR) is 172 cm³/mol. The summed E-state index contributed by atoms with van der Waals surface area (Å²) in [6, 6.07) is 10.3. The van der Waals surface area contributed by atoms with Crippen LogP contribution >= 0.6 is 0 Å². The van der Waals surface area contributed by atoms with E-state index in [1.807, 2.05) is 59.9 Å². The molecule has 238 valence electrons. The molecular weight excluding hydrogens is 557 g/mol. The fraction of sp³-hybridized carbons (Fsp3) is 0.528. The third-order valence-corrected chi connectivity index (χ3v) is 7.82. The van der Waals surface area contributed by atoms with Crippen molar-refractivity contribution >= 4 is 11.7 Å². The Morgan fingerprint density at radius 1 is 1.02 bits per heavy atom. The molecule has 0 saturated carbocycles. The van der Waals surface area contributed by atoms with Crippen molar-refractivity contribution in [2.75, 3.05) is 24.6 Å². The van der Waals surface area contributed by atoms with Crippen LogP contribution in [0.4, 0.5) is 10.1 Å². The van der Waals surface area contributed by atoms with Crippen molar-refractivity contribution < 1.29 is 23.4 Å². The second kappa shape index (κ2) is 14.1. The minimum atomic E-state index is -0.946. The highest BCUT2D eigenvalue weighted by Gasteiger charge is 2.37. The van der Waals surface area contributed by atoms with Crippen LogP contribution in [-0.2, 0) is 27.1 Å². The van der Waals surface area contributed by atoms with Gasteiger partial charge in [-0.1, -0.05) is 32.9 Å². The fourth-order valence-electron chi connectivity index (χ4n) is 5.41. The molecule has 0 amide bonds. The number of aryl methyl sites for hydroxylation is 1. The summed E-state index contributed by atoms with van der Waals surface area (Å²) in [5, 5.41) is 0. The minimum Gasteiger partial charge on any atom is -0.492 e. The molecule has 8 heteroatoms. The molecule has 1 saturated heterocycles. The molecule has 4 rings (SSSR count). The van der Waals surface area contributed by atoms with Crippen molar-refractivity contribution in [2.45, 2.75) is 98.9 Å². The first-order chi connectivity index (χ1) is 20.8. The van der Waals surface area contributed by atoms with Gasteiger partial charge in [0.1, 0.15) is 11.6 Å². The van der Waals surface area contributed by atoms with E-state index in [0.29, 0.717) is 25.2 Å². The van der Waals surface area contributed by atoms with E-state index in [-0.39, 0.29) is 17.3 Å². The lowest BCUT2D eigenvalue weighted by Gasteiger charge is -2.41. The van der Waals surface area contributed by atoms with E-state index < -0.39 is 17.7 Å². The number of anilines is 1. The molecule has 1 fully saturated rings. The van der Waals surface area contributed by atoms with Crippen molar-refractivity contribution in [1.29, 1.82) is 0 Å². The Kier molecular flexibility index (Phi) is 10.7. The number of halogens is 1. The van der Waals surface area contributed by atoms with Gasteiger partial charge in [-0.15, -0.1) is 0 Å². The number of benzene rings is 1. The quantitative estimate of drug-likeness (QED) is 0.206. The number of carbonyl (C=O) groups is 1. The number of aromatic nitrogens is 2. The molecule has 44 heavy (non-hydrogen) atoms. The lowest BCUT2D eigenvalue weighted by Crippen LogP contribution is -2.39. The highest BCUT2D eigenvalue weighted by molar-refractivity contribution is 5.86. The third kappa shape index (κ3) is 8.78. The van der Waals surface area contributed by atoms with E-state index >= 15 is 0 Å². The summed E-state index contributed by atoms with van der Waals surface area (Å²) in [6.07, 6.45) is 5.69. The number of nitrogens with zero attached hydrogens (tertiary/aromatic N) is 3. The first-order valence-corrected chi connectivity index (χ1v) is 15.7. The van der Waals surface area contributed by atoms with Gasteiger partial charge in [0.05, 0.1) is 35.9 Å². The van der Waals surface area contributed by atoms with Crippen LogP contribution in [0.5, 0.6) is 5.75 Å². The molecule has 3 aromatic rings. The van der Waals surface area contributed by atoms with Crippen molar-refractivity contribution in [3.63, 3.8) is 0 Å². The Labute approximate surface area is 262 Å². The second-order valence-electron chi connectivity index (χ2n) is 13.6. The van der Waals surface area contributed by atoms with Crippen LogP contribution in [0.3, 0.4) is 0 Å². The summed E-state index contributed by atoms with van der Waals surface area (Å²) in [6.45, 7) is 18.3. The van der Waals surface area contributed by atoms with Crippen molar-refractivity contribution in [3.8, 4) is 17.0 Å². The molecule has 0 radical (unpaired) electrons. The maximum absolute atomic E-state index is 13.7. The van der Waals surface area contributed by atoms with Gasteiger partial charge in [-0.2, -0.15) is 0 Å². The molecule has 0 N–H and O–H groups in total. The van der Waals surface area contributed by atoms with E-state index in [4.69, 9.17) is 24.2 Å². The zero-order valence-corrected chi connectivity index (χ0v) is 27.6. The molecule has 3 heterocycles. The number of esters is 1. The maximum atomic E-state index is 13.7. The molecule has 1 aliphatic rings. The lowest BCUT2D eigenvalue weighted by molar-refractivity contribution is -0.171. The Bertz CT molecular complexity index is 1390. The van der Waals surface area contributed by atoms with Gasteiger partial charge < -0.3 is 19.1 Å². The van der Waals surface area contributed by atoms with Gasteiger partial charge >= 0.3 is 5.97 Å². The molecule has 2 aromatic heterocycles. The number of rotatable bonds is 11. The molecule has 0 spiro atoms. The van der Waals surface area contributed by atoms with E-state index in [1.54, 1.807) is 18.3 Å². The van der Waals surface area contributed by atoms with Gasteiger partial charge in [-0.25, -0.2) is 9.18 Å². The SMILES string of the molecule is CCc1ncc(-c2ccc(OCCc3ccc(F)cc3)cn2)c(N2CCC(C)(C)CC2)c1[C@H](OC(C)(C)C)C(=O)OC(C)C. The van der Waals surface area contributed by atoms with Gasteiger partial charge in [0.2, 0.25) is 0 Å². The number of hydrogen-bond acceptors (Lipinski definition) is 7. The first-order valence-electron chi connectivity index (χ1n) is 15.7.